The lowest BCUT2D eigenvalue weighted by Gasteiger charge is -2.10. The highest BCUT2D eigenvalue weighted by Gasteiger charge is 2.04. The van der Waals surface area contributed by atoms with Crippen molar-refractivity contribution in [2.24, 2.45) is 0 Å². The van der Waals surface area contributed by atoms with Gasteiger partial charge in [0.25, 0.3) is 0 Å². The summed E-state index contributed by atoms with van der Waals surface area (Å²) < 4.78 is 13.3. The first-order chi connectivity index (χ1) is 7.63. The van der Waals surface area contributed by atoms with Crippen LogP contribution in [-0.4, -0.2) is 11.7 Å². The smallest absolute Gasteiger partial charge is 0.170 e. The first-order valence-corrected chi connectivity index (χ1v) is 5.92. The number of benzene rings is 1. The van der Waals surface area contributed by atoms with Gasteiger partial charge in [-0.3, -0.25) is 0 Å². The molecule has 0 radical (unpaired) electrons. The topological polar surface area (TPSA) is 24.1 Å². The summed E-state index contributed by atoms with van der Waals surface area (Å²) >= 11 is 10.8. The van der Waals surface area contributed by atoms with Crippen LogP contribution in [0.2, 0.25) is 5.02 Å². The summed E-state index contributed by atoms with van der Waals surface area (Å²) in [5.74, 6) is -0.371. The minimum Gasteiger partial charge on any atom is -0.362 e. The molecule has 0 atom stereocenters. The predicted molar refractivity (Wildman–Crippen MR) is 70.5 cm³/mol. The van der Waals surface area contributed by atoms with Crippen LogP contribution in [0.5, 0.6) is 0 Å². The molecule has 0 saturated carbocycles. The van der Waals surface area contributed by atoms with Crippen LogP contribution in [0.4, 0.5) is 10.1 Å². The number of unbranched alkanes of at least 4 members (excludes halogenated alkanes) is 1. The molecule has 0 bridgehead atoms. The highest BCUT2D eigenvalue weighted by atomic mass is 35.5. The molecule has 0 aliphatic rings. The summed E-state index contributed by atoms with van der Waals surface area (Å²) in [4.78, 5) is 0. The Labute approximate surface area is 105 Å². The van der Waals surface area contributed by atoms with Crippen molar-refractivity contribution in [2.75, 3.05) is 11.9 Å². The Morgan fingerprint density at radius 1 is 1.50 bits per heavy atom. The van der Waals surface area contributed by atoms with Gasteiger partial charge in [0.05, 0.1) is 5.69 Å². The second-order valence-corrected chi connectivity index (χ2v) is 4.20. The lowest BCUT2D eigenvalue weighted by Crippen LogP contribution is -2.29. The van der Waals surface area contributed by atoms with Gasteiger partial charge in [0, 0.05) is 11.6 Å². The summed E-state index contributed by atoms with van der Waals surface area (Å²) in [7, 11) is 0. The highest BCUT2D eigenvalue weighted by Crippen LogP contribution is 2.19. The average Bonchev–Trinajstić information content (AvgIpc) is 2.24. The SMILES string of the molecule is CCCCNC(=S)Nc1cc(Cl)ccc1F. The van der Waals surface area contributed by atoms with Crippen LogP contribution >= 0.6 is 23.8 Å². The van der Waals surface area contributed by atoms with Gasteiger partial charge in [0.1, 0.15) is 5.82 Å². The van der Waals surface area contributed by atoms with Gasteiger partial charge in [-0.05, 0) is 36.8 Å². The average molecular weight is 261 g/mol. The molecule has 2 nitrogen and oxygen atoms in total. The van der Waals surface area contributed by atoms with E-state index in [2.05, 4.69) is 17.6 Å². The number of thiocarbonyl (C=S) groups is 1. The highest BCUT2D eigenvalue weighted by molar-refractivity contribution is 7.80. The third-order valence-corrected chi connectivity index (χ3v) is 2.47. The quantitative estimate of drug-likeness (QED) is 0.639. The van der Waals surface area contributed by atoms with E-state index in [0.717, 1.165) is 19.4 Å². The van der Waals surface area contributed by atoms with Crippen molar-refractivity contribution in [1.82, 2.24) is 5.32 Å². The molecule has 2 N–H and O–H groups in total. The largest absolute Gasteiger partial charge is 0.362 e. The van der Waals surface area contributed by atoms with Crippen molar-refractivity contribution in [1.29, 1.82) is 0 Å². The second kappa shape index (κ2) is 6.66. The summed E-state index contributed by atoms with van der Waals surface area (Å²) in [6.45, 7) is 2.87. The van der Waals surface area contributed by atoms with Gasteiger partial charge in [0.15, 0.2) is 5.11 Å². The molecule has 88 valence electrons. The fourth-order valence-corrected chi connectivity index (χ4v) is 1.52. The van der Waals surface area contributed by atoms with E-state index in [1.165, 1.54) is 18.2 Å². The minimum atomic E-state index is -0.371. The summed E-state index contributed by atoms with van der Waals surface area (Å²) in [6, 6.07) is 4.31. The van der Waals surface area contributed by atoms with E-state index in [-0.39, 0.29) is 5.82 Å². The van der Waals surface area contributed by atoms with Gasteiger partial charge in [-0.25, -0.2) is 4.39 Å². The molecular formula is C11H14ClFN2S. The zero-order valence-electron chi connectivity index (χ0n) is 9.02. The van der Waals surface area contributed by atoms with E-state index in [1.807, 2.05) is 0 Å². The number of hydrogen-bond acceptors (Lipinski definition) is 1. The van der Waals surface area contributed by atoms with Gasteiger partial charge in [-0.2, -0.15) is 0 Å². The zero-order chi connectivity index (χ0) is 12.0. The van der Waals surface area contributed by atoms with Crippen molar-refractivity contribution in [3.63, 3.8) is 0 Å². The third-order valence-electron chi connectivity index (χ3n) is 1.99. The summed E-state index contributed by atoms with van der Waals surface area (Å²) in [5.41, 5.74) is 0.293. The Balaban J connectivity index is 2.52. The van der Waals surface area contributed by atoms with E-state index >= 15 is 0 Å². The van der Waals surface area contributed by atoms with Crippen LogP contribution in [0.25, 0.3) is 0 Å². The molecule has 0 aliphatic heterocycles. The molecule has 0 amide bonds. The fourth-order valence-electron chi connectivity index (χ4n) is 1.14. The molecule has 0 fully saturated rings. The van der Waals surface area contributed by atoms with Crippen LogP contribution in [0.3, 0.4) is 0 Å². The molecule has 0 aromatic heterocycles. The predicted octanol–water partition coefficient (Wildman–Crippen LogP) is 3.57. The van der Waals surface area contributed by atoms with E-state index in [0.29, 0.717) is 15.8 Å². The molecule has 0 saturated heterocycles. The number of anilines is 1. The third kappa shape index (κ3) is 4.33. The second-order valence-electron chi connectivity index (χ2n) is 3.36. The van der Waals surface area contributed by atoms with Crippen molar-refractivity contribution in [3.05, 3.63) is 29.0 Å². The number of nitrogens with one attached hydrogen (secondary N) is 2. The lowest BCUT2D eigenvalue weighted by molar-refractivity contribution is 0.632. The molecule has 16 heavy (non-hydrogen) atoms. The maximum Gasteiger partial charge on any atom is 0.170 e. The molecule has 1 aromatic rings. The molecule has 1 rings (SSSR count). The molecule has 5 heteroatoms. The van der Waals surface area contributed by atoms with Crippen molar-refractivity contribution in [3.8, 4) is 0 Å². The summed E-state index contributed by atoms with van der Waals surface area (Å²) in [6.07, 6.45) is 2.11. The minimum absolute atomic E-state index is 0.293. The van der Waals surface area contributed by atoms with Crippen molar-refractivity contribution >= 4 is 34.6 Å². The Hall–Kier alpha value is -0.870. The first kappa shape index (κ1) is 13.2. The normalized spacial score (nSPS) is 9.94. The molecule has 0 heterocycles. The van der Waals surface area contributed by atoms with Crippen LogP contribution in [0, 0.1) is 5.82 Å². The Kier molecular flexibility index (Phi) is 5.49. The van der Waals surface area contributed by atoms with E-state index in [4.69, 9.17) is 23.8 Å². The van der Waals surface area contributed by atoms with E-state index in [1.54, 1.807) is 0 Å². The molecule has 0 aliphatic carbocycles. The van der Waals surface area contributed by atoms with E-state index < -0.39 is 0 Å². The maximum atomic E-state index is 13.3. The van der Waals surface area contributed by atoms with Crippen molar-refractivity contribution < 1.29 is 4.39 Å². The molecule has 0 spiro atoms. The zero-order valence-corrected chi connectivity index (χ0v) is 10.6. The van der Waals surface area contributed by atoms with Gasteiger partial charge in [-0.15, -0.1) is 0 Å². The molecular weight excluding hydrogens is 247 g/mol. The standard InChI is InChI=1S/C11H14ClFN2S/c1-2-3-6-14-11(16)15-10-7-8(12)4-5-9(10)13/h4-5,7H,2-3,6H2,1H3,(H2,14,15,16). The van der Waals surface area contributed by atoms with Gasteiger partial charge in [-0.1, -0.05) is 24.9 Å². The van der Waals surface area contributed by atoms with Crippen molar-refractivity contribution in [2.45, 2.75) is 19.8 Å². The molecule has 1 aromatic carbocycles. The van der Waals surface area contributed by atoms with Gasteiger partial charge < -0.3 is 10.6 Å². The first-order valence-electron chi connectivity index (χ1n) is 5.13. The van der Waals surface area contributed by atoms with Gasteiger partial charge in [0.2, 0.25) is 0 Å². The fraction of sp³-hybridized carbons (Fsp3) is 0.364. The Morgan fingerprint density at radius 3 is 2.94 bits per heavy atom. The summed E-state index contributed by atoms with van der Waals surface area (Å²) in [5, 5.41) is 6.64. The number of hydrogen-bond donors (Lipinski definition) is 2. The Bertz CT molecular complexity index is 371. The lowest BCUT2D eigenvalue weighted by atomic mass is 10.3. The monoisotopic (exact) mass is 260 g/mol. The van der Waals surface area contributed by atoms with Crippen LogP contribution < -0.4 is 10.6 Å². The Morgan fingerprint density at radius 2 is 2.25 bits per heavy atom. The molecule has 0 unspecified atom stereocenters. The van der Waals surface area contributed by atoms with Gasteiger partial charge >= 0.3 is 0 Å². The van der Waals surface area contributed by atoms with Crippen LogP contribution in [-0.2, 0) is 0 Å². The van der Waals surface area contributed by atoms with Crippen LogP contribution in [0.1, 0.15) is 19.8 Å². The van der Waals surface area contributed by atoms with E-state index in [9.17, 15) is 4.39 Å². The number of halogens is 2. The number of rotatable bonds is 4. The van der Waals surface area contributed by atoms with Crippen LogP contribution in [0.15, 0.2) is 18.2 Å². The maximum absolute atomic E-state index is 13.3.